The fraction of sp³-hybridized carbons (Fsp3) is 0.435. The van der Waals surface area contributed by atoms with Crippen molar-refractivity contribution in [2.24, 2.45) is 0 Å². The van der Waals surface area contributed by atoms with Crippen LogP contribution >= 0.6 is 11.6 Å². The number of halogens is 3. The van der Waals surface area contributed by atoms with Gasteiger partial charge in [0.05, 0.1) is 19.2 Å². The van der Waals surface area contributed by atoms with E-state index < -0.39 is 12.2 Å². The van der Waals surface area contributed by atoms with Gasteiger partial charge in [0.15, 0.2) is 0 Å². The maximum absolute atomic E-state index is 15.0. The molecule has 3 atom stereocenters. The number of rotatable bonds is 4. The third-order valence-corrected chi connectivity index (χ3v) is 6.30. The van der Waals surface area contributed by atoms with E-state index >= 15 is 4.39 Å². The molecule has 0 bridgehead atoms. The van der Waals surface area contributed by atoms with Crippen molar-refractivity contribution in [3.05, 3.63) is 70.0 Å². The van der Waals surface area contributed by atoms with Crippen LogP contribution < -0.4 is 0 Å². The lowest BCUT2D eigenvalue weighted by Gasteiger charge is -2.42. The van der Waals surface area contributed by atoms with E-state index in [0.29, 0.717) is 48.7 Å². The number of aryl methyl sites for hydroxylation is 1. The number of carbonyl (C=O) groups excluding carboxylic acids is 1. The number of amides is 1. The first kappa shape index (κ1) is 21.2. The molecule has 2 aliphatic rings. The molecule has 2 heterocycles. The van der Waals surface area contributed by atoms with Crippen molar-refractivity contribution in [1.82, 2.24) is 9.96 Å². The number of nitrogens with zero attached hydrogens (tertiary/aromatic N) is 2. The average molecular weight is 435 g/mol. The molecule has 3 unspecified atom stereocenters. The van der Waals surface area contributed by atoms with E-state index in [9.17, 15) is 9.18 Å². The van der Waals surface area contributed by atoms with Crippen LogP contribution in [0.5, 0.6) is 0 Å². The van der Waals surface area contributed by atoms with Gasteiger partial charge in [0.1, 0.15) is 12.0 Å². The molecule has 4 nitrogen and oxygen atoms in total. The van der Waals surface area contributed by atoms with Crippen LogP contribution in [0.25, 0.3) is 0 Å². The van der Waals surface area contributed by atoms with Gasteiger partial charge in [-0.1, -0.05) is 35.9 Å². The molecule has 2 aliphatic heterocycles. The normalized spacial score (nSPS) is 25.5. The summed E-state index contributed by atoms with van der Waals surface area (Å²) in [5.74, 6) is -0.806. The third-order valence-electron chi connectivity index (χ3n) is 6.05. The summed E-state index contributed by atoms with van der Waals surface area (Å²) in [6.07, 6.45) is -0.0703. The van der Waals surface area contributed by atoms with E-state index in [0.717, 1.165) is 5.56 Å². The predicted molar refractivity (Wildman–Crippen MR) is 111 cm³/mol. The van der Waals surface area contributed by atoms with Gasteiger partial charge in [-0.15, -0.1) is 0 Å². The number of piperidine rings is 1. The average Bonchev–Trinajstić information content (AvgIpc) is 2.73. The maximum atomic E-state index is 15.0. The number of carbonyl (C=O) groups is 1. The van der Waals surface area contributed by atoms with Gasteiger partial charge in [0.25, 0.3) is 5.91 Å². The lowest BCUT2D eigenvalue weighted by Crippen LogP contribution is -2.56. The zero-order valence-electron chi connectivity index (χ0n) is 16.9. The number of benzene rings is 2. The number of likely N-dealkylation sites (tertiary alicyclic amines) is 1. The van der Waals surface area contributed by atoms with Crippen LogP contribution in [0.3, 0.4) is 0 Å². The Kier molecular flexibility index (Phi) is 6.37. The summed E-state index contributed by atoms with van der Waals surface area (Å²) in [4.78, 5) is 20.5. The first-order valence-corrected chi connectivity index (χ1v) is 10.6. The first-order valence-electron chi connectivity index (χ1n) is 10.3. The molecule has 4 rings (SSSR count). The molecule has 0 spiro atoms. The highest BCUT2D eigenvalue weighted by molar-refractivity contribution is 6.30. The van der Waals surface area contributed by atoms with Crippen molar-refractivity contribution in [3.8, 4) is 0 Å². The Labute approximate surface area is 180 Å². The topological polar surface area (TPSA) is 32.8 Å². The van der Waals surface area contributed by atoms with Crippen LogP contribution in [-0.2, 0) is 16.2 Å². The Hall–Kier alpha value is -2.02. The lowest BCUT2D eigenvalue weighted by atomic mass is 9.86. The fourth-order valence-electron chi connectivity index (χ4n) is 4.27. The summed E-state index contributed by atoms with van der Waals surface area (Å²) in [7, 11) is 0. The van der Waals surface area contributed by atoms with E-state index in [1.54, 1.807) is 31.2 Å². The smallest absolute Gasteiger partial charge is 0.263 e. The SMILES string of the molecule is Cc1ccc(C2CCN(C3CCON(Cc4ccc(Cl)cc4)C3=O)CC2F)cc1F. The molecule has 7 heteroatoms. The molecule has 2 fully saturated rings. The van der Waals surface area contributed by atoms with E-state index in [4.69, 9.17) is 16.4 Å². The monoisotopic (exact) mass is 434 g/mol. The zero-order valence-corrected chi connectivity index (χ0v) is 17.6. The molecule has 0 aromatic heterocycles. The summed E-state index contributed by atoms with van der Waals surface area (Å²) >= 11 is 5.92. The van der Waals surface area contributed by atoms with E-state index in [1.165, 1.54) is 11.1 Å². The standard InChI is InChI=1S/C23H25ClF2N2O2/c1-15-2-5-17(12-20(15)25)19-8-10-27(14-21(19)26)22-9-11-30-28(23(22)29)13-16-3-6-18(24)7-4-16/h2-7,12,19,21-22H,8-11,13-14H2,1H3. The van der Waals surface area contributed by atoms with Gasteiger partial charge in [0, 0.05) is 17.5 Å². The Bertz CT molecular complexity index is 909. The summed E-state index contributed by atoms with van der Waals surface area (Å²) in [5, 5.41) is 2.00. The number of alkyl halides is 1. The third kappa shape index (κ3) is 4.51. The Morgan fingerprint density at radius 2 is 1.93 bits per heavy atom. The number of hydrogen-bond acceptors (Lipinski definition) is 3. The quantitative estimate of drug-likeness (QED) is 0.702. The highest BCUT2D eigenvalue weighted by Crippen LogP contribution is 2.33. The van der Waals surface area contributed by atoms with Crippen LogP contribution in [0.1, 0.15) is 35.4 Å². The highest BCUT2D eigenvalue weighted by Gasteiger charge is 2.39. The summed E-state index contributed by atoms with van der Waals surface area (Å²) in [6.45, 7) is 3.17. The van der Waals surface area contributed by atoms with Crippen LogP contribution in [-0.4, -0.2) is 47.8 Å². The molecular weight excluding hydrogens is 410 g/mol. The largest absolute Gasteiger partial charge is 0.289 e. The minimum absolute atomic E-state index is 0.150. The van der Waals surface area contributed by atoms with Crippen molar-refractivity contribution >= 4 is 17.5 Å². The van der Waals surface area contributed by atoms with E-state index in [1.807, 2.05) is 17.0 Å². The number of hydrogen-bond donors (Lipinski definition) is 0. The van der Waals surface area contributed by atoms with Gasteiger partial charge in [-0.05, 0) is 61.2 Å². The Balaban J connectivity index is 1.41. The van der Waals surface area contributed by atoms with Gasteiger partial charge < -0.3 is 0 Å². The second-order valence-electron chi connectivity index (χ2n) is 8.05. The zero-order chi connectivity index (χ0) is 21.3. The van der Waals surface area contributed by atoms with Crippen molar-refractivity contribution in [2.45, 2.75) is 44.4 Å². The maximum Gasteiger partial charge on any atom is 0.263 e. The van der Waals surface area contributed by atoms with Gasteiger partial charge in [-0.25, -0.2) is 13.8 Å². The van der Waals surface area contributed by atoms with Crippen molar-refractivity contribution in [3.63, 3.8) is 0 Å². The fourth-order valence-corrected chi connectivity index (χ4v) is 4.40. The van der Waals surface area contributed by atoms with Crippen molar-refractivity contribution in [1.29, 1.82) is 0 Å². The molecule has 30 heavy (non-hydrogen) atoms. The van der Waals surface area contributed by atoms with Gasteiger partial charge in [-0.2, -0.15) is 0 Å². The predicted octanol–water partition coefficient (Wildman–Crippen LogP) is 4.65. The lowest BCUT2D eigenvalue weighted by molar-refractivity contribution is -0.212. The summed E-state index contributed by atoms with van der Waals surface area (Å²) in [6, 6.07) is 11.8. The summed E-state index contributed by atoms with van der Waals surface area (Å²) in [5.41, 5.74) is 2.16. The molecular formula is C23H25ClF2N2O2. The van der Waals surface area contributed by atoms with Crippen LogP contribution in [0.2, 0.25) is 5.02 Å². The Morgan fingerprint density at radius 3 is 2.63 bits per heavy atom. The molecule has 2 aromatic carbocycles. The minimum Gasteiger partial charge on any atom is -0.289 e. The molecule has 0 aliphatic carbocycles. The molecule has 2 aromatic rings. The van der Waals surface area contributed by atoms with Crippen molar-refractivity contribution < 1.29 is 18.4 Å². The van der Waals surface area contributed by atoms with Gasteiger partial charge in [-0.3, -0.25) is 14.5 Å². The van der Waals surface area contributed by atoms with Crippen LogP contribution in [0, 0.1) is 12.7 Å². The second-order valence-corrected chi connectivity index (χ2v) is 8.49. The van der Waals surface area contributed by atoms with Crippen LogP contribution in [0.15, 0.2) is 42.5 Å². The molecule has 0 N–H and O–H groups in total. The summed E-state index contributed by atoms with van der Waals surface area (Å²) < 4.78 is 29.0. The molecule has 0 saturated carbocycles. The number of hydroxylamine groups is 2. The van der Waals surface area contributed by atoms with Crippen molar-refractivity contribution in [2.75, 3.05) is 19.7 Å². The highest BCUT2D eigenvalue weighted by atomic mass is 35.5. The molecule has 160 valence electrons. The van der Waals surface area contributed by atoms with Gasteiger partial charge in [0.2, 0.25) is 0 Å². The van der Waals surface area contributed by atoms with E-state index in [2.05, 4.69) is 0 Å². The van der Waals surface area contributed by atoms with E-state index in [-0.39, 0.29) is 24.2 Å². The molecule has 0 radical (unpaired) electrons. The minimum atomic E-state index is -1.15. The molecule has 1 amide bonds. The first-order chi connectivity index (χ1) is 14.4. The van der Waals surface area contributed by atoms with Gasteiger partial charge >= 0.3 is 0 Å². The second kappa shape index (κ2) is 9.00. The van der Waals surface area contributed by atoms with Crippen LogP contribution in [0.4, 0.5) is 8.78 Å². The Morgan fingerprint density at radius 1 is 1.17 bits per heavy atom. The molecule has 2 saturated heterocycles.